The van der Waals surface area contributed by atoms with Gasteiger partial charge in [0.05, 0.1) is 22.9 Å². The SMILES string of the molecule is CCOc1ccccc1-c1csc(NC(=O)c2ccccc2Cl)n1. The van der Waals surface area contributed by atoms with Crippen LogP contribution in [0.1, 0.15) is 17.3 Å². The first kappa shape index (κ1) is 16.5. The van der Waals surface area contributed by atoms with Crippen LogP contribution >= 0.6 is 22.9 Å². The summed E-state index contributed by atoms with van der Waals surface area (Å²) >= 11 is 7.41. The molecule has 122 valence electrons. The van der Waals surface area contributed by atoms with Crippen molar-refractivity contribution in [3.8, 4) is 17.0 Å². The predicted molar refractivity (Wildman–Crippen MR) is 98.1 cm³/mol. The minimum atomic E-state index is -0.278. The summed E-state index contributed by atoms with van der Waals surface area (Å²) in [6, 6.07) is 14.6. The van der Waals surface area contributed by atoms with Crippen molar-refractivity contribution in [2.75, 3.05) is 11.9 Å². The van der Waals surface area contributed by atoms with Crippen molar-refractivity contribution in [2.24, 2.45) is 0 Å². The summed E-state index contributed by atoms with van der Waals surface area (Å²) in [4.78, 5) is 16.8. The van der Waals surface area contributed by atoms with E-state index in [-0.39, 0.29) is 5.91 Å². The highest BCUT2D eigenvalue weighted by Crippen LogP contribution is 2.32. The molecule has 6 heteroatoms. The highest BCUT2D eigenvalue weighted by Gasteiger charge is 2.14. The number of hydrogen-bond donors (Lipinski definition) is 1. The molecule has 3 rings (SSSR count). The molecule has 0 unspecified atom stereocenters. The van der Waals surface area contributed by atoms with Gasteiger partial charge in [-0.25, -0.2) is 4.98 Å². The van der Waals surface area contributed by atoms with Crippen LogP contribution in [0, 0.1) is 0 Å². The first-order valence-electron chi connectivity index (χ1n) is 7.42. The van der Waals surface area contributed by atoms with Crippen LogP contribution in [0.15, 0.2) is 53.9 Å². The number of nitrogens with one attached hydrogen (secondary N) is 1. The van der Waals surface area contributed by atoms with Crippen molar-refractivity contribution in [1.29, 1.82) is 0 Å². The number of ether oxygens (including phenoxy) is 1. The van der Waals surface area contributed by atoms with E-state index in [9.17, 15) is 4.79 Å². The number of para-hydroxylation sites is 1. The van der Waals surface area contributed by atoms with Crippen LogP contribution in [0.4, 0.5) is 5.13 Å². The second-order valence-corrected chi connectivity index (χ2v) is 6.17. The van der Waals surface area contributed by atoms with Crippen molar-refractivity contribution >= 4 is 34.0 Å². The molecule has 0 bridgehead atoms. The number of thiazole rings is 1. The van der Waals surface area contributed by atoms with Gasteiger partial charge in [-0.3, -0.25) is 10.1 Å². The molecule has 1 heterocycles. The third-order valence-electron chi connectivity index (χ3n) is 3.31. The Bertz CT molecular complexity index is 863. The zero-order chi connectivity index (χ0) is 16.9. The molecule has 0 atom stereocenters. The number of hydrogen-bond acceptors (Lipinski definition) is 4. The summed E-state index contributed by atoms with van der Waals surface area (Å²) in [6.45, 7) is 2.52. The summed E-state index contributed by atoms with van der Waals surface area (Å²) in [5.74, 6) is 0.494. The van der Waals surface area contributed by atoms with Gasteiger partial charge in [0.25, 0.3) is 5.91 Å². The van der Waals surface area contributed by atoms with Gasteiger partial charge in [-0.2, -0.15) is 0 Å². The molecule has 0 saturated heterocycles. The Hall–Kier alpha value is -2.37. The van der Waals surface area contributed by atoms with Gasteiger partial charge < -0.3 is 4.74 Å². The maximum absolute atomic E-state index is 12.3. The number of rotatable bonds is 5. The lowest BCUT2D eigenvalue weighted by Crippen LogP contribution is -2.12. The molecular weight excluding hydrogens is 344 g/mol. The van der Waals surface area contributed by atoms with Gasteiger partial charge in [0.15, 0.2) is 5.13 Å². The Kier molecular flexibility index (Phi) is 5.13. The standard InChI is InChI=1S/C18H15ClN2O2S/c1-2-23-16-10-6-4-8-13(16)15-11-24-18(20-15)21-17(22)12-7-3-5-9-14(12)19/h3-11H,2H2,1H3,(H,20,21,22). The first-order valence-corrected chi connectivity index (χ1v) is 8.68. The topological polar surface area (TPSA) is 51.2 Å². The average Bonchev–Trinajstić information content (AvgIpc) is 3.04. The number of benzene rings is 2. The van der Waals surface area contributed by atoms with E-state index in [4.69, 9.17) is 16.3 Å². The van der Waals surface area contributed by atoms with Crippen LogP contribution in [0.3, 0.4) is 0 Å². The molecular formula is C18H15ClN2O2S. The molecule has 2 aromatic carbocycles. The Morgan fingerprint density at radius 2 is 1.96 bits per heavy atom. The molecule has 0 radical (unpaired) electrons. The fourth-order valence-corrected chi connectivity index (χ4v) is 3.15. The lowest BCUT2D eigenvalue weighted by molar-refractivity contribution is 0.102. The third-order valence-corrected chi connectivity index (χ3v) is 4.39. The zero-order valence-electron chi connectivity index (χ0n) is 13.0. The van der Waals surface area contributed by atoms with Gasteiger partial charge in [0, 0.05) is 10.9 Å². The number of nitrogens with zero attached hydrogens (tertiary/aromatic N) is 1. The fraction of sp³-hybridized carbons (Fsp3) is 0.111. The molecule has 0 aliphatic heterocycles. The number of halogens is 1. The second-order valence-electron chi connectivity index (χ2n) is 4.90. The van der Waals surface area contributed by atoms with E-state index in [0.29, 0.717) is 22.3 Å². The molecule has 0 fully saturated rings. The van der Waals surface area contributed by atoms with Gasteiger partial charge in [-0.1, -0.05) is 35.9 Å². The van der Waals surface area contributed by atoms with Crippen LogP contribution in [-0.2, 0) is 0 Å². The van der Waals surface area contributed by atoms with E-state index in [1.54, 1.807) is 24.3 Å². The van der Waals surface area contributed by atoms with Crippen molar-refractivity contribution < 1.29 is 9.53 Å². The maximum atomic E-state index is 12.3. The van der Waals surface area contributed by atoms with Crippen LogP contribution in [0.5, 0.6) is 5.75 Å². The summed E-state index contributed by atoms with van der Waals surface area (Å²) < 4.78 is 5.63. The Morgan fingerprint density at radius 1 is 1.21 bits per heavy atom. The zero-order valence-corrected chi connectivity index (χ0v) is 14.5. The van der Waals surface area contributed by atoms with Crippen molar-refractivity contribution in [1.82, 2.24) is 4.98 Å². The maximum Gasteiger partial charge on any atom is 0.258 e. The highest BCUT2D eigenvalue weighted by atomic mass is 35.5. The number of aromatic nitrogens is 1. The van der Waals surface area contributed by atoms with Gasteiger partial charge >= 0.3 is 0 Å². The van der Waals surface area contributed by atoms with Gasteiger partial charge in [-0.15, -0.1) is 11.3 Å². The largest absolute Gasteiger partial charge is 0.493 e. The molecule has 0 aliphatic carbocycles. The normalized spacial score (nSPS) is 10.4. The molecule has 0 aliphatic rings. The smallest absolute Gasteiger partial charge is 0.258 e. The Labute approximate surface area is 149 Å². The minimum Gasteiger partial charge on any atom is -0.493 e. The van der Waals surface area contributed by atoms with Gasteiger partial charge in [-0.05, 0) is 31.2 Å². The molecule has 1 aromatic heterocycles. The molecule has 1 amide bonds. The summed E-state index contributed by atoms with van der Waals surface area (Å²) in [7, 11) is 0. The number of anilines is 1. The fourth-order valence-electron chi connectivity index (χ4n) is 2.22. The average molecular weight is 359 g/mol. The molecule has 1 N–H and O–H groups in total. The van der Waals surface area contributed by atoms with Crippen LogP contribution < -0.4 is 10.1 Å². The molecule has 3 aromatic rings. The lowest BCUT2D eigenvalue weighted by atomic mass is 10.1. The monoisotopic (exact) mass is 358 g/mol. The Balaban J connectivity index is 1.82. The number of carbonyl (C=O) groups excluding carboxylic acids is 1. The van der Waals surface area contributed by atoms with Crippen molar-refractivity contribution in [3.05, 3.63) is 64.5 Å². The predicted octanol–water partition coefficient (Wildman–Crippen LogP) is 5.11. The van der Waals surface area contributed by atoms with E-state index >= 15 is 0 Å². The van der Waals surface area contributed by atoms with E-state index in [2.05, 4.69) is 10.3 Å². The van der Waals surface area contributed by atoms with E-state index < -0.39 is 0 Å². The van der Waals surface area contributed by atoms with E-state index in [1.807, 2.05) is 36.6 Å². The molecule has 4 nitrogen and oxygen atoms in total. The molecule has 24 heavy (non-hydrogen) atoms. The summed E-state index contributed by atoms with van der Waals surface area (Å²) in [6.07, 6.45) is 0. The minimum absolute atomic E-state index is 0.278. The van der Waals surface area contributed by atoms with E-state index in [1.165, 1.54) is 11.3 Å². The van der Waals surface area contributed by atoms with Gasteiger partial charge in [0.2, 0.25) is 0 Å². The summed E-state index contributed by atoms with van der Waals surface area (Å²) in [5.41, 5.74) is 2.08. The lowest BCUT2D eigenvalue weighted by Gasteiger charge is -2.07. The van der Waals surface area contributed by atoms with Crippen molar-refractivity contribution in [2.45, 2.75) is 6.92 Å². The Morgan fingerprint density at radius 3 is 2.75 bits per heavy atom. The summed E-state index contributed by atoms with van der Waals surface area (Å²) in [5, 5.41) is 5.60. The first-order chi connectivity index (χ1) is 11.7. The molecule has 0 saturated carbocycles. The highest BCUT2D eigenvalue weighted by molar-refractivity contribution is 7.14. The van der Waals surface area contributed by atoms with E-state index in [0.717, 1.165) is 17.0 Å². The van der Waals surface area contributed by atoms with Crippen molar-refractivity contribution in [3.63, 3.8) is 0 Å². The van der Waals surface area contributed by atoms with Crippen LogP contribution in [-0.4, -0.2) is 17.5 Å². The van der Waals surface area contributed by atoms with Gasteiger partial charge in [0.1, 0.15) is 5.75 Å². The molecule has 0 spiro atoms. The van der Waals surface area contributed by atoms with Crippen LogP contribution in [0.2, 0.25) is 5.02 Å². The third kappa shape index (κ3) is 3.58. The second kappa shape index (κ2) is 7.47. The van der Waals surface area contributed by atoms with Crippen LogP contribution in [0.25, 0.3) is 11.3 Å². The number of carbonyl (C=O) groups is 1. The number of amides is 1. The quantitative estimate of drug-likeness (QED) is 0.689.